The fourth-order valence-electron chi connectivity index (χ4n) is 6.57. The Morgan fingerprint density at radius 3 is 1.59 bits per heavy atom. The van der Waals surface area contributed by atoms with Gasteiger partial charge in [0.25, 0.3) is 0 Å². The highest BCUT2D eigenvalue weighted by Gasteiger charge is 2.17. The van der Waals surface area contributed by atoms with Gasteiger partial charge in [-0.3, -0.25) is 0 Å². The summed E-state index contributed by atoms with van der Waals surface area (Å²) in [6.45, 7) is 2.19. The highest BCUT2D eigenvalue weighted by atomic mass is 15.1. The van der Waals surface area contributed by atoms with Crippen molar-refractivity contribution in [3.63, 3.8) is 0 Å². The van der Waals surface area contributed by atoms with Crippen molar-refractivity contribution in [2.24, 2.45) is 0 Å². The van der Waals surface area contributed by atoms with Crippen LogP contribution in [0.25, 0.3) is 49.7 Å². The van der Waals surface area contributed by atoms with Gasteiger partial charge in [-0.15, -0.1) is 0 Å². The molecule has 1 heterocycles. The number of aryl methyl sites for hydroxylation is 1. The lowest BCUT2D eigenvalue weighted by Crippen LogP contribution is -2.09. The predicted octanol–water partition coefficient (Wildman–Crippen LogP) is 12.1. The first kappa shape index (κ1) is 27.7. The van der Waals surface area contributed by atoms with Crippen LogP contribution in [0.4, 0.5) is 17.1 Å². The van der Waals surface area contributed by atoms with Crippen LogP contribution in [0.5, 0.6) is 0 Å². The molecule has 0 spiro atoms. The van der Waals surface area contributed by atoms with Crippen molar-refractivity contribution >= 4 is 38.9 Å². The molecule has 7 aromatic carbocycles. The maximum absolute atomic E-state index is 2.38. The first-order chi connectivity index (χ1) is 22.8. The lowest BCUT2D eigenvalue weighted by atomic mass is 10.0. The molecule has 0 saturated heterocycles. The van der Waals surface area contributed by atoms with E-state index in [-0.39, 0.29) is 0 Å². The van der Waals surface area contributed by atoms with E-state index in [2.05, 4.69) is 192 Å². The number of hydrogen-bond donors (Lipinski definition) is 0. The molecule has 0 aliphatic rings. The van der Waals surface area contributed by atoms with Crippen LogP contribution < -0.4 is 4.90 Å². The summed E-state index contributed by atoms with van der Waals surface area (Å²) in [6, 6.07) is 63.5. The highest BCUT2D eigenvalue weighted by molar-refractivity contribution is 6.10. The van der Waals surface area contributed by atoms with E-state index < -0.39 is 0 Å². The third-order valence-electron chi connectivity index (χ3n) is 8.98. The number of nitrogens with zero attached hydrogens (tertiary/aromatic N) is 2. The zero-order chi connectivity index (χ0) is 30.9. The summed E-state index contributed by atoms with van der Waals surface area (Å²) >= 11 is 0. The van der Waals surface area contributed by atoms with Gasteiger partial charge in [0, 0.05) is 33.5 Å². The molecule has 46 heavy (non-hydrogen) atoms. The highest BCUT2D eigenvalue weighted by Crippen LogP contribution is 2.40. The maximum Gasteiger partial charge on any atom is 0.0542 e. The number of rotatable bonds is 7. The quantitative estimate of drug-likeness (QED) is 0.179. The molecule has 0 amide bonds. The second kappa shape index (κ2) is 11.9. The smallest absolute Gasteiger partial charge is 0.0542 e. The van der Waals surface area contributed by atoms with Crippen molar-refractivity contribution in [1.82, 2.24) is 4.57 Å². The topological polar surface area (TPSA) is 8.17 Å². The molecular weight excluding hydrogens is 556 g/mol. The second-order valence-corrected chi connectivity index (χ2v) is 11.7. The molecule has 0 radical (unpaired) electrons. The predicted molar refractivity (Wildman–Crippen MR) is 196 cm³/mol. The van der Waals surface area contributed by atoms with Crippen LogP contribution in [0.15, 0.2) is 176 Å². The van der Waals surface area contributed by atoms with Gasteiger partial charge in [0.05, 0.1) is 11.0 Å². The Morgan fingerprint density at radius 2 is 0.913 bits per heavy atom. The summed E-state index contributed by atoms with van der Waals surface area (Å²) in [4.78, 5) is 2.35. The normalized spacial score (nSPS) is 11.2. The number of para-hydroxylation sites is 2. The van der Waals surface area contributed by atoms with Crippen molar-refractivity contribution in [2.45, 2.75) is 13.3 Å². The zero-order valence-corrected chi connectivity index (χ0v) is 25.8. The molecule has 0 saturated carbocycles. The van der Waals surface area contributed by atoms with Gasteiger partial charge in [-0.1, -0.05) is 122 Å². The SMILES string of the molecule is CCc1ccc(-c2ccc(N(c3ccccc3)c3ccc4c(c3)c3ccccc3n4-c3ccc(-c4ccccc4)cc3)cc2)cc1. The number of hydrogen-bond acceptors (Lipinski definition) is 1. The minimum Gasteiger partial charge on any atom is -0.310 e. The summed E-state index contributed by atoms with van der Waals surface area (Å²) in [5, 5.41) is 2.47. The van der Waals surface area contributed by atoms with E-state index in [1.807, 2.05) is 0 Å². The molecule has 0 fully saturated rings. The molecule has 2 nitrogen and oxygen atoms in total. The molecule has 0 aliphatic carbocycles. The molecule has 2 heteroatoms. The maximum atomic E-state index is 2.38. The zero-order valence-electron chi connectivity index (χ0n) is 25.8. The average molecular weight is 591 g/mol. The fourth-order valence-corrected chi connectivity index (χ4v) is 6.57. The first-order valence-corrected chi connectivity index (χ1v) is 16.0. The van der Waals surface area contributed by atoms with Crippen molar-refractivity contribution in [3.8, 4) is 27.9 Å². The van der Waals surface area contributed by atoms with Gasteiger partial charge in [-0.2, -0.15) is 0 Å². The lowest BCUT2D eigenvalue weighted by Gasteiger charge is -2.26. The molecular formula is C44H34N2. The van der Waals surface area contributed by atoms with Crippen molar-refractivity contribution in [1.29, 1.82) is 0 Å². The van der Waals surface area contributed by atoms with E-state index in [0.717, 1.165) is 29.2 Å². The summed E-state index contributed by atoms with van der Waals surface area (Å²) in [7, 11) is 0. The van der Waals surface area contributed by atoms with Gasteiger partial charge in [0.1, 0.15) is 0 Å². The van der Waals surface area contributed by atoms with E-state index in [9.17, 15) is 0 Å². The van der Waals surface area contributed by atoms with Crippen LogP contribution in [0.3, 0.4) is 0 Å². The summed E-state index contributed by atoms with van der Waals surface area (Å²) < 4.78 is 2.38. The van der Waals surface area contributed by atoms with Gasteiger partial charge in [-0.25, -0.2) is 0 Å². The van der Waals surface area contributed by atoms with Crippen molar-refractivity contribution in [2.75, 3.05) is 4.90 Å². The summed E-state index contributed by atoms with van der Waals surface area (Å²) in [5.41, 5.74) is 13.2. The van der Waals surface area contributed by atoms with Gasteiger partial charge in [0.2, 0.25) is 0 Å². The van der Waals surface area contributed by atoms with Crippen LogP contribution in [-0.4, -0.2) is 4.57 Å². The Bertz CT molecular complexity index is 2250. The van der Waals surface area contributed by atoms with Gasteiger partial charge < -0.3 is 9.47 Å². The number of fused-ring (bicyclic) bond motifs is 3. The number of benzene rings is 7. The molecule has 0 bridgehead atoms. The third kappa shape index (κ3) is 5.04. The Balaban J connectivity index is 1.23. The van der Waals surface area contributed by atoms with E-state index in [0.29, 0.717) is 0 Å². The van der Waals surface area contributed by atoms with Crippen LogP contribution in [-0.2, 0) is 6.42 Å². The Labute approximate surface area is 270 Å². The molecule has 0 unspecified atom stereocenters. The minimum absolute atomic E-state index is 1.05. The van der Waals surface area contributed by atoms with Crippen molar-refractivity contribution < 1.29 is 0 Å². The fraction of sp³-hybridized carbons (Fsp3) is 0.0455. The standard InChI is InChI=1S/C44H34N2/c1-2-32-17-19-34(20-18-32)36-21-25-38(26-22-36)45(37-13-7-4-8-14-37)40-29-30-44-42(31-40)41-15-9-10-16-43(41)46(44)39-27-23-35(24-28-39)33-11-5-3-6-12-33/h3-31H,2H2,1H3. The molecule has 0 aliphatic heterocycles. The monoisotopic (exact) mass is 590 g/mol. The summed E-state index contributed by atoms with van der Waals surface area (Å²) in [6.07, 6.45) is 1.05. The van der Waals surface area contributed by atoms with Crippen molar-refractivity contribution in [3.05, 3.63) is 181 Å². The van der Waals surface area contributed by atoms with E-state index in [1.165, 1.54) is 49.6 Å². The molecule has 220 valence electrons. The molecule has 0 atom stereocenters. The molecule has 0 N–H and O–H groups in total. The second-order valence-electron chi connectivity index (χ2n) is 11.7. The average Bonchev–Trinajstić information content (AvgIpc) is 3.47. The van der Waals surface area contributed by atoms with E-state index >= 15 is 0 Å². The largest absolute Gasteiger partial charge is 0.310 e. The van der Waals surface area contributed by atoms with Crippen LogP contribution >= 0.6 is 0 Å². The van der Waals surface area contributed by atoms with Gasteiger partial charge >= 0.3 is 0 Å². The number of aromatic nitrogens is 1. The molecule has 1 aromatic heterocycles. The summed E-state index contributed by atoms with van der Waals surface area (Å²) in [5.74, 6) is 0. The first-order valence-electron chi connectivity index (χ1n) is 16.0. The van der Waals surface area contributed by atoms with Crippen LogP contribution in [0, 0.1) is 0 Å². The minimum atomic E-state index is 1.05. The Kier molecular flexibility index (Phi) is 7.16. The molecule has 8 rings (SSSR count). The Morgan fingerprint density at radius 1 is 0.413 bits per heavy atom. The van der Waals surface area contributed by atoms with Gasteiger partial charge in [-0.05, 0) is 94.9 Å². The van der Waals surface area contributed by atoms with Crippen LogP contribution in [0.1, 0.15) is 12.5 Å². The third-order valence-corrected chi connectivity index (χ3v) is 8.98. The molecule has 8 aromatic rings. The van der Waals surface area contributed by atoms with E-state index in [4.69, 9.17) is 0 Å². The van der Waals surface area contributed by atoms with E-state index in [1.54, 1.807) is 0 Å². The number of anilines is 3. The lowest BCUT2D eigenvalue weighted by molar-refractivity contribution is 1.14. The van der Waals surface area contributed by atoms with Gasteiger partial charge in [0.15, 0.2) is 0 Å². The van der Waals surface area contributed by atoms with Crippen LogP contribution in [0.2, 0.25) is 0 Å². The Hall–Kier alpha value is -5.86.